The first kappa shape index (κ1) is 22.0. The van der Waals surface area contributed by atoms with Gasteiger partial charge in [0.15, 0.2) is 5.96 Å². The van der Waals surface area contributed by atoms with Gasteiger partial charge in [-0.05, 0) is 19.4 Å². The number of halogens is 4. The summed E-state index contributed by atoms with van der Waals surface area (Å²) in [6.07, 6.45) is 0.379. The van der Waals surface area contributed by atoms with Gasteiger partial charge in [0, 0.05) is 58.7 Å². The molecule has 1 N–H and O–H groups in total. The lowest BCUT2D eigenvalue weighted by molar-refractivity contribution is -0.181. The molecule has 1 aromatic rings. The number of aliphatic imine (C=N–C) groups is 1. The summed E-state index contributed by atoms with van der Waals surface area (Å²) < 4.78 is 40.2. The molecule has 1 unspecified atom stereocenters. The third-order valence-corrected chi connectivity index (χ3v) is 4.25. The Balaban J connectivity index is 0.00000312. The highest BCUT2D eigenvalue weighted by Crippen LogP contribution is 2.25. The minimum Gasteiger partial charge on any atom is -0.356 e. The van der Waals surface area contributed by atoms with E-state index in [9.17, 15) is 13.2 Å². The number of nitrogens with one attached hydrogen (secondary N) is 1. The fraction of sp³-hybridized carbons (Fsp3) is 0.733. The van der Waals surface area contributed by atoms with Crippen molar-refractivity contribution in [1.82, 2.24) is 24.9 Å². The van der Waals surface area contributed by atoms with E-state index in [1.807, 2.05) is 21.8 Å². The Labute approximate surface area is 163 Å². The van der Waals surface area contributed by atoms with Gasteiger partial charge >= 0.3 is 6.18 Å². The molecule has 1 aliphatic heterocycles. The topological polar surface area (TPSA) is 48.7 Å². The number of aryl methyl sites for hydroxylation is 1. The van der Waals surface area contributed by atoms with Gasteiger partial charge in [0.05, 0.1) is 0 Å². The van der Waals surface area contributed by atoms with Gasteiger partial charge in [0.25, 0.3) is 0 Å². The van der Waals surface area contributed by atoms with Gasteiger partial charge in [-0.15, -0.1) is 24.0 Å². The Hall–Kier alpha value is -1.04. The molecule has 0 aromatic carbocycles. The number of piperazine rings is 1. The number of nitrogens with zero attached hydrogens (tertiary/aromatic N) is 5. The molecule has 2 rings (SSSR count). The van der Waals surface area contributed by atoms with Crippen LogP contribution in [0.3, 0.4) is 0 Å². The predicted molar refractivity (Wildman–Crippen MR) is 102 cm³/mol. The van der Waals surface area contributed by atoms with Gasteiger partial charge in [0.2, 0.25) is 0 Å². The predicted octanol–water partition coefficient (Wildman–Crippen LogP) is 2.03. The third kappa shape index (κ3) is 6.65. The van der Waals surface area contributed by atoms with Crippen LogP contribution in [-0.2, 0) is 6.54 Å². The van der Waals surface area contributed by atoms with Crippen LogP contribution in [0.5, 0.6) is 0 Å². The van der Waals surface area contributed by atoms with E-state index in [-0.39, 0.29) is 24.0 Å². The molecule has 0 spiro atoms. The van der Waals surface area contributed by atoms with Crippen LogP contribution in [0.15, 0.2) is 23.5 Å². The van der Waals surface area contributed by atoms with E-state index in [0.29, 0.717) is 26.2 Å². The second-order valence-corrected chi connectivity index (χ2v) is 5.84. The molecule has 1 saturated heterocycles. The zero-order valence-corrected chi connectivity index (χ0v) is 16.9. The standard InChI is InChI=1S/C15H25F3N6.HI/c1-13(15(16,17)18)22-9-11-23(12-10-22)14(19-2)20-5-3-7-24-8-4-6-21-24;/h4,6,8,13H,3,5,7,9-12H2,1-2H3,(H,19,20);1H. The van der Waals surface area contributed by atoms with Crippen molar-refractivity contribution in [2.75, 3.05) is 39.8 Å². The fourth-order valence-electron chi connectivity index (χ4n) is 2.73. The van der Waals surface area contributed by atoms with E-state index >= 15 is 0 Å². The first-order chi connectivity index (χ1) is 11.4. The molecule has 1 aliphatic rings. The van der Waals surface area contributed by atoms with Crippen molar-refractivity contribution < 1.29 is 13.2 Å². The van der Waals surface area contributed by atoms with Gasteiger partial charge in [-0.2, -0.15) is 18.3 Å². The summed E-state index contributed by atoms with van der Waals surface area (Å²) in [6.45, 7) is 4.62. The van der Waals surface area contributed by atoms with Crippen molar-refractivity contribution in [3.8, 4) is 0 Å². The smallest absolute Gasteiger partial charge is 0.356 e. The molecule has 2 heterocycles. The molecule has 1 aromatic heterocycles. The van der Waals surface area contributed by atoms with Gasteiger partial charge in [-0.25, -0.2) is 0 Å². The molecular formula is C15H26F3IN6. The summed E-state index contributed by atoms with van der Waals surface area (Å²) in [6, 6.07) is 0.483. The monoisotopic (exact) mass is 474 g/mol. The number of rotatable bonds is 5. The van der Waals surface area contributed by atoms with E-state index in [0.717, 1.165) is 25.5 Å². The summed E-state index contributed by atoms with van der Waals surface area (Å²) in [5.74, 6) is 0.745. The zero-order valence-electron chi connectivity index (χ0n) is 14.5. The van der Waals surface area contributed by atoms with Crippen LogP contribution in [0.4, 0.5) is 13.2 Å². The van der Waals surface area contributed by atoms with Crippen molar-refractivity contribution in [3.63, 3.8) is 0 Å². The molecule has 6 nitrogen and oxygen atoms in total. The van der Waals surface area contributed by atoms with Crippen molar-refractivity contribution >= 4 is 29.9 Å². The first-order valence-electron chi connectivity index (χ1n) is 8.15. The van der Waals surface area contributed by atoms with Crippen LogP contribution in [0.25, 0.3) is 0 Å². The van der Waals surface area contributed by atoms with E-state index in [2.05, 4.69) is 15.4 Å². The van der Waals surface area contributed by atoms with Crippen molar-refractivity contribution in [2.24, 2.45) is 4.99 Å². The van der Waals surface area contributed by atoms with Crippen molar-refractivity contribution in [3.05, 3.63) is 18.5 Å². The normalized spacial score (nSPS) is 18.0. The zero-order chi connectivity index (χ0) is 17.6. The molecule has 1 fully saturated rings. The third-order valence-electron chi connectivity index (χ3n) is 4.25. The Morgan fingerprint density at radius 2 is 1.96 bits per heavy atom. The minimum absolute atomic E-state index is 0. The SMILES string of the molecule is CN=C(NCCCn1cccn1)N1CCN(C(C)C(F)(F)F)CC1.I. The summed E-state index contributed by atoms with van der Waals surface area (Å²) in [7, 11) is 1.69. The van der Waals surface area contributed by atoms with Crippen LogP contribution in [0.2, 0.25) is 0 Å². The van der Waals surface area contributed by atoms with Crippen LogP contribution in [-0.4, -0.2) is 77.5 Å². The van der Waals surface area contributed by atoms with Gasteiger partial charge < -0.3 is 10.2 Å². The molecule has 10 heteroatoms. The molecule has 0 bridgehead atoms. The van der Waals surface area contributed by atoms with Crippen molar-refractivity contribution in [1.29, 1.82) is 0 Å². The minimum atomic E-state index is -4.17. The largest absolute Gasteiger partial charge is 0.403 e. The maximum atomic E-state index is 12.8. The number of guanidine groups is 1. The van der Waals surface area contributed by atoms with Crippen LogP contribution >= 0.6 is 24.0 Å². The van der Waals surface area contributed by atoms with E-state index in [1.165, 1.54) is 11.8 Å². The van der Waals surface area contributed by atoms with Crippen LogP contribution < -0.4 is 5.32 Å². The average Bonchev–Trinajstić information content (AvgIpc) is 3.07. The van der Waals surface area contributed by atoms with E-state index in [4.69, 9.17) is 0 Å². The van der Waals surface area contributed by atoms with Gasteiger partial charge in [0.1, 0.15) is 6.04 Å². The lowest BCUT2D eigenvalue weighted by Crippen LogP contribution is -2.56. The molecule has 0 aliphatic carbocycles. The summed E-state index contributed by atoms with van der Waals surface area (Å²) in [4.78, 5) is 7.71. The number of hydrogen-bond donors (Lipinski definition) is 1. The lowest BCUT2D eigenvalue weighted by atomic mass is 10.2. The molecular weight excluding hydrogens is 448 g/mol. The maximum Gasteiger partial charge on any atom is 0.403 e. The first-order valence-corrected chi connectivity index (χ1v) is 8.15. The summed E-state index contributed by atoms with van der Waals surface area (Å²) >= 11 is 0. The lowest BCUT2D eigenvalue weighted by Gasteiger charge is -2.39. The molecule has 0 saturated carbocycles. The number of alkyl halides is 3. The second-order valence-electron chi connectivity index (χ2n) is 5.84. The Kier molecular flexibility index (Phi) is 8.97. The highest BCUT2D eigenvalue weighted by Gasteiger charge is 2.41. The quantitative estimate of drug-likeness (QED) is 0.307. The Morgan fingerprint density at radius 3 is 2.48 bits per heavy atom. The fourth-order valence-corrected chi connectivity index (χ4v) is 2.73. The van der Waals surface area contributed by atoms with Crippen LogP contribution in [0, 0.1) is 0 Å². The second kappa shape index (κ2) is 10.2. The van der Waals surface area contributed by atoms with Crippen molar-refractivity contribution in [2.45, 2.75) is 32.1 Å². The average molecular weight is 474 g/mol. The molecule has 25 heavy (non-hydrogen) atoms. The van der Waals surface area contributed by atoms with Crippen LogP contribution in [0.1, 0.15) is 13.3 Å². The number of hydrogen-bond acceptors (Lipinski definition) is 3. The molecule has 1 atom stereocenters. The number of aromatic nitrogens is 2. The van der Waals surface area contributed by atoms with Gasteiger partial charge in [-0.1, -0.05) is 0 Å². The van der Waals surface area contributed by atoms with E-state index in [1.54, 1.807) is 13.2 Å². The maximum absolute atomic E-state index is 12.8. The summed E-state index contributed by atoms with van der Waals surface area (Å²) in [5.41, 5.74) is 0. The molecule has 144 valence electrons. The Morgan fingerprint density at radius 1 is 1.28 bits per heavy atom. The van der Waals surface area contributed by atoms with E-state index < -0.39 is 12.2 Å². The summed E-state index contributed by atoms with van der Waals surface area (Å²) in [5, 5.41) is 7.41. The highest BCUT2D eigenvalue weighted by molar-refractivity contribution is 14.0. The molecule has 0 radical (unpaired) electrons. The van der Waals surface area contributed by atoms with Gasteiger partial charge in [-0.3, -0.25) is 14.6 Å². The molecule has 0 amide bonds. The Bertz CT molecular complexity index is 512. The highest BCUT2D eigenvalue weighted by atomic mass is 127.